The number of rotatable bonds is 2. The number of aromatic nitrogens is 2. The third-order valence-corrected chi connectivity index (χ3v) is 4.43. The molecule has 1 aliphatic rings. The molecule has 7 heteroatoms. The molecule has 0 aliphatic carbocycles. The van der Waals surface area contributed by atoms with Crippen molar-refractivity contribution in [3.05, 3.63) is 42.9 Å². The molecule has 0 saturated carbocycles. The Kier molecular flexibility index (Phi) is 3.24. The lowest BCUT2D eigenvalue weighted by atomic mass is 9.87. The van der Waals surface area contributed by atoms with E-state index in [9.17, 15) is 14.4 Å². The number of hydrogen-bond acceptors (Lipinski definition) is 3. The molecule has 0 spiro atoms. The van der Waals surface area contributed by atoms with Gasteiger partial charge in [0, 0.05) is 4.47 Å². The summed E-state index contributed by atoms with van der Waals surface area (Å²) in [6.45, 7) is 1.90. The zero-order valence-corrected chi connectivity index (χ0v) is 12.8. The third kappa shape index (κ3) is 2.21. The predicted octanol–water partition coefficient (Wildman–Crippen LogP) is 1.66. The third-order valence-electron chi connectivity index (χ3n) is 3.97. The average Bonchev–Trinajstić information content (AvgIpc) is 2.37. The Labute approximate surface area is 127 Å². The molecule has 0 fully saturated rings. The maximum absolute atomic E-state index is 12.2. The summed E-state index contributed by atoms with van der Waals surface area (Å²) in [7, 11) is 0. The van der Waals surface area contributed by atoms with E-state index in [1.54, 1.807) is 6.07 Å². The van der Waals surface area contributed by atoms with E-state index in [1.807, 2.05) is 13.0 Å². The SMILES string of the molecule is C[C@H]1Cc2cc(Br)cc3[nH]c(=O)c(=O)n(c23)[C@@H]1CC(=O)O. The van der Waals surface area contributed by atoms with Crippen molar-refractivity contribution >= 4 is 32.9 Å². The van der Waals surface area contributed by atoms with E-state index in [1.165, 1.54) is 4.57 Å². The first kappa shape index (κ1) is 14.1. The van der Waals surface area contributed by atoms with Crippen molar-refractivity contribution in [2.24, 2.45) is 5.92 Å². The van der Waals surface area contributed by atoms with E-state index in [4.69, 9.17) is 5.11 Å². The van der Waals surface area contributed by atoms with Gasteiger partial charge in [0.15, 0.2) is 0 Å². The van der Waals surface area contributed by atoms with Gasteiger partial charge in [0.05, 0.1) is 23.5 Å². The molecule has 0 unspecified atom stereocenters. The van der Waals surface area contributed by atoms with Crippen LogP contribution in [0.25, 0.3) is 11.0 Å². The molecule has 6 nitrogen and oxygen atoms in total. The minimum absolute atomic E-state index is 0.0365. The summed E-state index contributed by atoms with van der Waals surface area (Å²) in [6, 6.07) is 3.13. The van der Waals surface area contributed by atoms with Crippen LogP contribution in [0.3, 0.4) is 0 Å². The number of nitrogens with zero attached hydrogens (tertiary/aromatic N) is 1. The standard InChI is InChI=1S/C14H13BrN2O4/c1-6-2-7-3-8(15)4-9-12(7)17(10(6)5-11(18)19)14(21)13(20)16-9/h3-4,6,10H,2,5H2,1H3,(H,16,20)(H,18,19)/t6-,10+/m0/s1. The van der Waals surface area contributed by atoms with E-state index in [-0.39, 0.29) is 12.3 Å². The summed E-state index contributed by atoms with van der Waals surface area (Å²) in [4.78, 5) is 37.7. The summed E-state index contributed by atoms with van der Waals surface area (Å²) in [5.74, 6) is -1.02. The Morgan fingerprint density at radius 2 is 2.19 bits per heavy atom. The molecule has 1 aliphatic heterocycles. The normalized spacial score (nSPS) is 20.7. The number of aromatic amines is 1. The summed E-state index contributed by atoms with van der Waals surface area (Å²) in [6.07, 6.45) is 0.495. The maximum atomic E-state index is 12.2. The second-order valence-corrected chi connectivity index (χ2v) is 6.35. The molecule has 2 heterocycles. The van der Waals surface area contributed by atoms with E-state index in [0.717, 1.165) is 10.0 Å². The van der Waals surface area contributed by atoms with Crippen molar-refractivity contribution in [1.82, 2.24) is 9.55 Å². The molecule has 0 radical (unpaired) electrons. The highest BCUT2D eigenvalue weighted by Crippen LogP contribution is 2.35. The van der Waals surface area contributed by atoms with E-state index in [2.05, 4.69) is 20.9 Å². The molecule has 1 aromatic carbocycles. The lowest BCUT2D eigenvalue weighted by molar-refractivity contribution is -0.138. The maximum Gasteiger partial charge on any atom is 0.317 e. The molecule has 0 saturated heterocycles. The van der Waals surface area contributed by atoms with Crippen LogP contribution in [0.2, 0.25) is 0 Å². The first-order valence-electron chi connectivity index (χ1n) is 6.57. The quantitative estimate of drug-likeness (QED) is 0.804. The summed E-state index contributed by atoms with van der Waals surface area (Å²) in [5.41, 5.74) is 0.695. The first-order valence-corrected chi connectivity index (χ1v) is 7.36. The fourth-order valence-electron chi connectivity index (χ4n) is 3.10. The molecule has 2 aromatic rings. The molecule has 110 valence electrons. The second kappa shape index (κ2) is 4.84. The fraction of sp³-hybridized carbons (Fsp3) is 0.357. The van der Waals surface area contributed by atoms with Crippen LogP contribution in [0.4, 0.5) is 0 Å². The zero-order valence-electron chi connectivity index (χ0n) is 11.2. The molecule has 21 heavy (non-hydrogen) atoms. The molecule has 3 rings (SSSR count). The molecular weight excluding hydrogens is 340 g/mol. The minimum Gasteiger partial charge on any atom is -0.481 e. The van der Waals surface area contributed by atoms with Gasteiger partial charge in [-0.25, -0.2) is 0 Å². The van der Waals surface area contributed by atoms with Crippen LogP contribution in [0.15, 0.2) is 26.2 Å². The van der Waals surface area contributed by atoms with Crippen molar-refractivity contribution in [1.29, 1.82) is 0 Å². The molecule has 2 atom stereocenters. The highest BCUT2D eigenvalue weighted by atomic mass is 79.9. The van der Waals surface area contributed by atoms with Crippen molar-refractivity contribution in [3.63, 3.8) is 0 Å². The number of benzene rings is 1. The van der Waals surface area contributed by atoms with Crippen LogP contribution in [-0.2, 0) is 11.2 Å². The van der Waals surface area contributed by atoms with Crippen LogP contribution in [0, 0.1) is 5.92 Å². The van der Waals surface area contributed by atoms with Crippen LogP contribution in [-0.4, -0.2) is 20.6 Å². The van der Waals surface area contributed by atoms with Gasteiger partial charge in [-0.3, -0.25) is 19.0 Å². The smallest absolute Gasteiger partial charge is 0.317 e. The summed E-state index contributed by atoms with van der Waals surface area (Å²) >= 11 is 3.39. The predicted molar refractivity (Wildman–Crippen MR) is 80.7 cm³/mol. The number of carbonyl (C=O) groups is 1. The number of hydrogen-bond donors (Lipinski definition) is 2. The number of halogens is 1. The lowest BCUT2D eigenvalue weighted by Crippen LogP contribution is -2.43. The Morgan fingerprint density at radius 3 is 2.86 bits per heavy atom. The number of nitrogens with one attached hydrogen (secondary N) is 1. The monoisotopic (exact) mass is 352 g/mol. The number of aliphatic carboxylic acids is 1. The molecule has 0 amide bonds. The number of carboxylic acid groups (broad SMARTS) is 1. The van der Waals surface area contributed by atoms with Crippen molar-refractivity contribution in [3.8, 4) is 0 Å². The van der Waals surface area contributed by atoms with E-state index in [0.29, 0.717) is 17.5 Å². The Balaban J connectivity index is 2.42. The van der Waals surface area contributed by atoms with E-state index >= 15 is 0 Å². The zero-order chi connectivity index (χ0) is 15.3. The lowest BCUT2D eigenvalue weighted by Gasteiger charge is -2.32. The second-order valence-electron chi connectivity index (χ2n) is 5.44. The Morgan fingerprint density at radius 1 is 1.48 bits per heavy atom. The van der Waals surface area contributed by atoms with Crippen LogP contribution < -0.4 is 11.1 Å². The van der Waals surface area contributed by atoms with E-state index < -0.39 is 23.1 Å². The van der Waals surface area contributed by atoms with Gasteiger partial charge >= 0.3 is 17.1 Å². The van der Waals surface area contributed by atoms with Gasteiger partial charge in [-0.2, -0.15) is 0 Å². The highest BCUT2D eigenvalue weighted by molar-refractivity contribution is 9.10. The fourth-order valence-corrected chi connectivity index (χ4v) is 3.61. The van der Waals surface area contributed by atoms with Gasteiger partial charge in [0.25, 0.3) is 0 Å². The molecule has 2 N–H and O–H groups in total. The number of H-pyrrole nitrogens is 1. The first-order chi connectivity index (χ1) is 9.88. The van der Waals surface area contributed by atoms with Crippen LogP contribution in [0.1, 0.15) is 24.9 Å². The summed E-state index contributed by atoms with van der Waals surface area (Å²) < 4.78 is 2.17. The van der Waals surface area contributed by atoms with Gasteiger partial charge < -0.3 is 10.1 Å². The molecular formula is C14H13BrN2O4. The van der Waals surface area contributed by atoms with Gasteiger partial charge in [0.1, 0.15) is 0 Å². The van der Waals surface area contributed by atoms with Crippen molar-refractivity contribution in [2.45, 2.75) is 25.8 Å². The topological polar surface area (TPSA) is 92.2 Å². The molecule has 0 bridgehead atoms. The number of carboxylic acids is 1. The van der Waals surface area contributed by atoms with Crippen molar-refractivity contribution < 1.29 is 9.90 Å². The average molecular weight is 353 g/mol. The largest absolute Gasteiger partial charge is 0.481 e. The minimum atomic E-state index is -0.979. The van der Waals surface area contributed by atoms with Crippen molar-refractivity contribution in [2.75, 3.05) is 0 Å². The Hall–Kier alpha value is -1.89. The van der Waals surface area contributed by atoms with Gasteiger partial charge in [-0.1, -0.05) is 22.9 Å². The Bertz CT molecular complexity index is 868. The molecule has 1 aromatic heterocycles. The highest BCUT2D eigenvalue weighted by Gasteiger charge is 2.31. The van der Waals surface area contributed by atoms with Gasteiger partial charge in [0.2, 0.25) is 0 Å². The van der Waals surface area contributed by atoms with Crippen LogP contribution >= 0.6 is 15.9 Å². The van der Waals surface area contributed by atoms with Gasteiger partial charge in [-0.05, 0) is 30.0 Å². The van der Waals surface area contributed by atoms with Gasteiger partial charge in [-0.15, -0.1) is 0 Å². The summed E-state index contributed by atoms with van der Waals surface area (Å²) in [5, 5.41) is 9.08. The van der Waals surface area contributed by atoms with Crippen LogP contribution in [0.5, 0.6) is 0 Å².